The summed E-state index contributed by atoms with van der Waals surface area (Å²) < 4.78 is 11.7. The van der Waals surface area contributed by atoms with E-state index < -0.39 is 6.03 Å². The van der Waals surface area contributed by atoms with Gasteiger partial charge in [-0.1, -0.05) is 6.92 Å². The van der Waals surface area contributed by atoms with E-state index in [1.165, 1.54) is 33.0 Å². The number of nitrogens with one attached hydrogen (secondary N) is 4. The number of hydrogen-bond acceptors (Lipinski definition) is 8. The van der Waals surface area contributed by atoms with Crippen LogP contribution in [0.3, 0.4) is 0 Å². The third-order valence-corrected chi connectivity index (χ3v) is 5.77. The molecule has 4 rings (SSSR count). The monoisotopic (exact) mass is 468 g/mol. The molecule has 182 valence electrons. The minimum absolute atomic E-state index is 0.158. The van der Waals surface area contributed by atoms with E-state index in [-0.39, 0.29) is 5.95 Å². The zero-order valence-corrected chi connectivity index (χ0v) is 19.9. The molecule has 1 aliphatic heterocycles. The van der Waals surface area contributed by atoms with E-state index >= 15 is 0 Å². The van der Waals surface area contributed by atoms with Crippen molar-refractivity contribution in [3.8, 4) is 11.5 Å². The third kappa shape index (κ3) is 5.66. The zero-order valence-electron chi connectivity index (χ0n) is 19.9. The number of aromatic amines is 1. The molecule has 1 fully saturated rings. The van der Waals surface area contributed by atoms with E-state index in [1.807, 2.05) is 25.1 Å². The molecule has 34 heavy (non-hydrogen) atoms. The lowest BCUT2D eigenvalue weighted by Crippen LogP contribution is -2.25. The van der Waals surface area contributed by atoms with Gasteiger partial charge in [0.2, 0.25) is 5.95 Å². The van der Waals surface area contributed by atoms with E-state index in [0.717, 1.165) is 25.1 Å². The van der Waals surface area contributed by atoms with Crippen LogP contribution in [0.25, 0.3) is 10.9 Å². The summed E-state index contributed by atoms with van der Waals surface area (Å²) in [5, 5.41) is 16.3. The van der Waals surface area contributed by atoms with E-state index in [2.05, 4.69) is 41.0 Å². The van der Waals surface area contributed by atoms with Crippen molar-refractivity contribution < 1.29 is 14.3 Å². The highest BCUT2D eigenvalue weighted by Crippen LogP contribution is 2.35. The highest BCUT2D eigenvalue weighted by atomic mass is 16.5. The number of fused-ring (bicyclic) bond motifs is 1. The molecule has 0 spiro atoms. The maximum atomic E-state index is 11.9. The molecule has 1 saturated heterocycles. The van der Waals surface area contributed by atoms with Crippen molar-refractivity contribution in [3.63, 3.8) is 0 Å². The van der Waals surface area contributed by atoms with Gasteiger partial charge in [0.25, 0.3) is 0 Å². The SMILES string of the molecule is CCc1cc(Nc2nc(NC(=O)NC)nc3cc(OCCCN4CCCC4)c(OC)cc23)n[nH]1. The van der Waals surface area contributed by atoms with E-state index in [9.17, 15) is 4.79 Å². The van der Waals surface area contributed by atoms with Crippen LogP contribution < -0.4 is 25.4 Å². The lowest BCUT2D eigenvalue weighted by molar-refractivity contribution is 0.254. The first-order valence-corrected chi connectivity index (χ1v) is 11.6. The number of carbonyl (C=O) groups is 1. The lowest BCUT2D eigenvalue weighted by atomic mass is 10.2. The first kappa shape index (κ1) is 23.6. The van der Waals surface area contributed by atoms with Crippen molar-refractivity contribution in [1.82, 2.24) is 30.4 Å². The molecule has 2 aromatic heterocycles. The molecule has 0 radical (unpaired) electrons. The second kappa shape index (κ2) is 11.0. The number of methoxy groups -OCH3 is 1. The average Bonchev–Trinajstić information content (AvgIpc) is 3.53. The standard InChI is InChI=1S/C23H32N8O3/c1-4-15-12-20(30-29-15)26-21-16-13-18(33-3)19(34-11-7-10-31-8-5-6-9-31)14-17(16)25-22(27-21)28-23(32)24-2/h12-14H,4-11H2,1-3H3,(H4,24,25,26,27,28,29,30,32). The second-order valence-corrected chi connectivity index (χ2v) is 8.13. The maximum Gasteiger partial charge on any atom is 0.321 e. The molecule has 0 unspecified atom stereocenters. The highest BCUT2D eigenvalue weighted by molar-refractivity contribution is 5.95. The summed E-state index contributed by atoms with van der Waals surface area (Å²) in [6.45, 7) is 5.98. The summed E-state index contributed by atoms with van der Waals surface area (Å²) in [5.74, 6) is 2.45. The number of aryl methyl sites for hydroxylation is 1. The van der Waals surface area contributed by atoms with Gasteiger partial charge in [0, 0.05) is 36.8 Å². The van der Waals surface area contributed by atoms with Gasteiger partial charge in [-0.3, -0.25) is 10.4 Å². The van der Waals surface area contributed by atoms with Crippen LogP contribution in [-0.4, -0.2) is 71.5 Å². The van der Waals surface area contributed by atoms with Crippen LogP contribution in [0.15, 0.2) is 18.2 Å². The van der Waals surface area contributed by atoms with Crippen molar-refractivity contribution in [2.45, 2.75) is 32.6 Å². The van der Waals surface area contributed by atoms with E-state index in [1.54, 1.807) is 7.11 Å². The van der Waals surface area contributed by atoms with Crippen molar-refractivity contribution in [3.05, 3.63) is 23.9 Å². The Morgan fingerprint density at radius 3 is 2.71 bits per heavy atom. The minimum atomic E-state index is -0.412. The van der Waals surface area contributed by atoms with Crippen LogP contribution in [0, 0.1) is 0 Å². The highest BCUT2D eigenvalue weighted by Gasteiger charge is 2.16. The van der Waals surface area contributed by atoms with Crippen LogP contribution >= 0.6 is 0 Å². The first-order valence-electron chi connectivity index (χ1n) is 11.6. The Morgan fingerprint density at radius 2 is 2.00 bits per heavy atom. The van der Waals surface area contributed by atoms with Crippen LogP contribution in [0.2, 0.25) is 0 Å². The summed E-state index contributed by atoms with van der Waals surface area (Å²) in [6, 6.07) is 5.15. The van der Waals surface area contributed by atoms with Gasteiger partial charge in [-0.15, -0.1) is 0 Å². The van der Waals surface area contributed by atoms with Gasteiger partial charge < -0.3 is 25.0 Å². The number of aromatic nitrogens is 4. The van der Waals surface area contributed by atoms with Crippen molar-refractivity contribution >= 4 is 34.5 Å². The Balaban J connectivity index is 1.61. The number of H-pyrrole nitrogens is 1. The third-order valence-electron chi connectivity index (χ3n) is 5.77. The fourth-order valence-electron chi connectivity index (χ4n) is 3.93. The zero-order chi connectivity index (χ0) is 23.9. The average molecular weight is 469 g/mol. The van der Waals surface area contributed by atoms with Crippen LogP contribution in [-0.2, 0) is 6.42 Å². The van der Waals surface area contributed by atoms with Gasteiger partial charge in [-0.05, 0) is 44.8 Å². The molecule has 0 saturated carbocycles. The molecule has 2 amide bonds. The van der Waals surface area contributed by atoms with Gasteiger partial charge in [0.05, 0.1) is 19.2 Å². The Bertz CT molecular complexity index is 1130. The Morgan fingerprint density at radius 1 is 1.18 bits per heavy atom. The molecule has 4 N–H and O–H groups in total. The van der Waals surface area contributed by atoms with Crippen molar-refractivity contribution in [1.29, 1.82) is 0 Å². The molecule has 1 aromatic carbocycles. The number of carbonyl (C=O) groups excluding carboxylic acids is 1. The first-order chi connectivity index (χ1) is 16.6. The van der Waals surface area contributed by atoms with Crippen LogP contribution in [0.5, 0.6) is 11.5 Å². The number of nitrogens with zero attached hydrogens (tertiary/aromatic N) is 4. The smallest absolute Gasteiger partial charge is 0.321 e. The van der Waals surface area contributed by atoms with Crippen molar-refractivity contribution in [2.24, 2.45) is 0 Å². The lowest BCUT2D eigenvalue weighted by Gasteiger charge is -2.16. The normalized spacial score (nSPS) is 13.7. The predicted molar refractivity (Wildman–Crippen MR) is 131 cm³/mol. The fraction of sp³-hybridized carbons (Fsp3) is 0.478. The molecule has 3 heterocycles. The number of benzene rings is 1. The van der Waals surface area contributed by atoms with Gasteiger partial charge in [0.1, 0.15) is 5.82 Å². The summed E-state index contributed by atoms with van der Waals surface area (Å²) in [7, 11) is 3.14. The minimum Gasteiger partial charge on any atom is -0.493 e. The second-order valence-electron chi connectivity index (χ2n) is 8.13. The number of anilines is 3. The van der Waals surface area contributed by atoms with Gasteiger partial charge in [-0.25, -0.2) is 9.78 Å². The predicted octanol–water partition coefficient (Wildman–Crippen LogP) is 3.28. The summed E-state index contributed by atoms with van der Waals surface area (Å²) >= 11 is 0. The van der Waals surface area contributed by atoms with Gasteiger partial charge in [-0.2, -0.15) is 10.1 Å². The molecule has 0 atom stereocenters. The van der Waals surface area contributed by atoms with Gasteiger partial charge >= 0.3 is 6.03 Å². The Labute approximate surface area is 198 Å². The fourth-order valence-corrected chi connectivity index (χ4v) is 3.93. The molecular weight excluding hydrogens is 436 g/mol. The summed E-state index contributed by atoms with van der Waals surface area (Å²) in [5.41, 5.74) is 1.59. The number of rotatable bonds is 10. The topological polar surface area (TPSA) is 129 Å². The van der Waals surface area contributed by atoms with Gasteiger partial charge in [0.15, 0.2) is 17.3 Å². The number of hydrogen-bond donors (Lipinski definition) is 4. The molecule has 11 heteroatoms. The van der Waals surface area contributed by atoms with Crippen LogP contribution in [0.1, 0.15) is 31.9 Å². The number of likely N-dealkylation sites (tertiary alicyclic amines) is 1. The van der Waals surface area contributed by atoms with Crippen LogP contribution in [0.4, 0.5) is 22.4 Å². The van der Waals surface area contributed by atoms with E-state index in [4.69, 9.17) is 9.47 Å². The van der Waals surface area contributed by atoms with E-state index in [0.29, 0.717) is 40.6 Å². The Kier molecular flexibility index (Phi) is 7.63. The summed E-state index contributed by atoms with van der Waals surface area (Å²) in [4.78, 5) is 23.4. The number of amides is 2. The molecule has 11 nitrogen and oxygen atoms in total. The molecule has 0 aliphatic carbocycles. The molecule has 3 aromatic rings. The molecule has 0 bridgehead atoms. The number of urea groups is 1. The van der Waals surface area contributed by atoms with Crippen molar-refractivity contribution in [2.75, 3.05) is 51.0 Å². The summed E-state index contributed by atoms with van der Waals surface area (Å²) in [6.07, 6.45) is 4.31. The maximum absolute atomic E-state index is 11.9. The molecular formula is C23H32N8O3. The number of ether oxygens (including phenoxy) is 2. The Hall–Kier alpha value is -3.60. The largest absolute Gasteiger partial charge is 0.493 e. The molecule has 1 aliphatic rings. The quantitative estimate of drug-likeness (QED) is 0.334.